The summed E-state index contributed by atoms with van der Waals surface area (Å²) in [6.45, 7) is 3.33. The lowest BCUT2D eigenvalue weighted by molar-refractivity contribution is 0.0414. The predicted octanol–water partition coefficient (Wildman–Crippen LogP) is 3.46. The molecule has 10 heteroatoms. The zero-order valence-corrected chi connectivity index (χ0v) is 20.5. The summed E-state index contributed by atoms with van der Waals surface area (Å²) in [7, 11) is 3.18. The Labute approximate surface area is 206 Å². The minimum Gasteiger partial charge on any atom is -0.493 e. The number of nitrogens with zero attached hydrogens (tertiary/aromatic N) is 5. The van der Waals surface area contributed by atoms with Gasteiger partial charge in [-0.05, 0) is 42.6 Å². The van der Waals surface area contributed by atoms with E-state index in [-0.39, 0.29) is 17.9 Å². The normalized spacial score (nSPS) is 15.9. The summed E-state index contributed by atoms with van der Waals surface area (Å²) in [5, 5.41) is 6.49. The maximum absolute atomic E-state index is 13.3. The summed E-state index contributed by atoms with van der Waals surface area (Å²) in [6, 6.07) is 12.7. The molecule has 1 saturated heterocycles. The molecule has 1 aliphatic rings. The lowest BCUT2D eigenvalue weighted by atomic mass is 10.1. The molecule has 0 unspecified atom stereocenters. The highest BCUT2D eigenvalue weighted by molar-refractivity contribution is 7.12. The average Bonchev–Trinajstić information content (AvgIpc) is 3.57. The average molecular weight is 492 g/mol. The third-order valence-electron chi connectivity index (χ3n) is 6.16. The van der Waals surface area contributed by atoms with Gasteiger partial charge in [0.15, 0.2) is 22.8 Å². The van der Waals surface area contributed by atoms with Crippen molar-refractivity contribution in [3.05, 3.63) is 64.6 Å². The molecule has 5 rings (SSSR count). The highest BCUT2D eigenvalue weighted by atomic mass is 32.1. The van der Waals surface area contributed by atoms with Crippen molar-refractivity contribution >= 4 is 28.8 Å². The maximum atomic E-state index is 13.3. The zero-order chi connectivity index (χ0) is 24.5. The van der Waals surface area contributed by atoms with E-state index in [0.29, 0.717) is 47.4 Å². The molecule has 1 atom stereocenters. The summed E-state index contributed by atoms with van der Waals surface area (Å²) >= 11 is 1.43. The number of hydrogen-bond acceptors (Lipinski definition) is 7. The van der Waals surface area contributed by atoms with Gasteiger partial charge in [-0.15, -0.1) is 11.3 Å². The van der Waals surface area contributed by atoms with E-state index in [1.54, 1.807) is 35.9 Å². The van der Waals surface area contributed by atoms with Crippen molar-refractivity contribution in [3.63, 3.8) is 0 Å². The maximum Gasteiger partial charge on any atom is 0.274 e. The Balaban J connectivity index is 1.38. The van der Waals surface area contributed by atoms with Gasteiger partial charge in [0.25, 0.3) is 11.8 Å². The van der Waals surface area contributed by atoms with E-state index in [0.717, 1.165) is 11.3 Å². The van der Waals surface area contributed by atoms with Gasteiger partial charge in [-0.1, -0.05) is 6.07 Å². The molecule has 35 heavy (non-hydrogen) atoms. The SMILES string of the molecule is COc1ccc(-c2ccnc3cc(C(=O)N4CCN(C(=O)c5cccs5)[C@@H](C)C4)nn23)cc1OC. The lowest BCUT2D eigenvalue weighted by Gasteiger charge is -2.39. The number of benzene rings is 1. The number of fused-ring (bicyclic) bond motifs is 1. The van der Waals surface area contributed by atoms with Gasteiger partial charge in [0, 0.05) is 43.5 Å². The van der Waals surface area contributed by atoms with Gasteiger partial charge >= 0.3 is 0 Å². The van der Waals surface area contributed by atoms with Gasteiger partial charge in [-0.3, -0.25) is 9.59 Å². The van der Waals surface area contributed by atoms with E-state index in [4.69, 9.17) is 9.47 Å². The molecule has 4 aromatic rings. The number of thiophene rings is 1. The molecule has 180 valence electrons. The molecule has 9 nitrogen and oxygen atoms in total. The van der Waals surface area contributed by atoms with E-state index in [9.17, 15) is 9.59 Å². The molecular weight excluding hydrogens is 466 g/mol. The van der Waals surface area contributed by atoms with Crippen LogP contribution in [-0.4, -0.2) is 76.1 Å². The molecule has 0 spiro atoms. The second kappa shape index (κ2) is 9.38. The minimum atomic E-state index is -0.177. The lowest BCUT2D eigenvalue weighted by Crippen LogP contribution is -2.55. The second-order valence-electron chi connectivity index (χ2n) is 8.28. The Hall–Kier alpha value is -3.92. The molecule has 2 amide bonds. The van der Waals surface area contributed by atoms with Crippen LogP contribution in [0.25, 0.3) is 16.9 Å². The van der Waals surface area contributed by atoms with Crippen LogP contribution in [0, 0.1) is 0 Å². The first-order valence-electron chi connectivity index (χ1n) is 11.2. The molecule has 4 heterocycles. The minimum absolute atomic E-state index is 0.0103. The van der Waals surface area contributed by atoms with Crippen molar-refractivity contribution in [2.45, 2.75) is 13.0 Å². The highest BCUT2D eigenvalue weighted by Gasteiger charge is 2.32. The van der Waals surface area contributed by atoms with Crippen LogP contribution in [0.2, 0.25) is 0 Å². The Morgan fingerprint density at radius 1 is 1.03 bits per heavy atom. The number of ether oxygens (including phenoxy) is 2. The van der Waals surface area contributed by atoms with Gasteiger partial charge in [-0.2, -0.15) is 5.10 Å². The van der Waals surface area contributed by atoms with Gasteiger partial charge in [0.05, 0.1) is 24.8 Å². The van der Waals surface area contributed by atoms with Crippen molar-refractivity contribution in [3.8, 4) is 22.8 Å². The number of rotatable bonds is 5. The number of carbonyl (C=O) groups is 2. The second-order valence-corrected chi connectivity index (χ2v) is 9.22. The quantitative estimate of drug-likeness (QED) is 0.425. The van der Waals surface area contributed by atoms with Gasteiger partial charge in [0.2, 0.25) is 0 Å². The Kier molecular flexibility index (Phi) is 6.12. The Morgan fingerprint density at radius 3 is 2.57 bits per heavy atom. The molecule has 1 aliphatic heterocycles. The number of aromatic nitrogens is 3. The van der Waals surface area contributed by atoms with Crippen LogP contribution in [-0.2, 0) is 0 Å². The van der Waals surface area contributed by atoms with Crippen LogP contribution < -0.4 is 9.47 Å². The van der Waals surface area contributed by atoms with E-state index in [2.05, 4.69) is 10.1 Å². The smallest absolute Gasteiger partial charge is 0.274 e. The first-order valence-corrected chi connectivity index (χ1v) is 12.1. The molecular formula is C25H25N5O4S. The summed E-state index contributed by atoms with van der Waals surface area (Å²) in [5.74, 6) is 1.06. The standard InChI is InChI=1S/C25H25N5O4S/c1-16-15-28(10-11-29(16)25(32)22-5-4-12-35-22)24(31)18-14-23-26-9-8-19(30(23)27-18)17-6-7-20(33-2)21(13-17)34-3/h4-9,12-14,16H,10-11,15H2,1-3H3/t16-/m0/s1. The molecule has 1 aromatic carbocycles. The fourth-order valence-corrected chi connectivity index (χ4v) is 5.04. The summed E-state index contributed by atoms with van der Waals surface area (Å²) in [6.07, 6.45) is 1.69. The third kappa shape index (κ3) is 4.21. The van der Waals surface area contributed by atoms with E-state index < -0.39 is 0 Å². The van der Waals surface area contributed by atoms with Gasteiger partial charge in [0.1, 0.15) is 0 Å². The van der Waals surface area contributed by atoms with Crippen LogP contribution in [0.4, 0.5) is 0 Å². The van der Waals surface area contributed by atoms with Crippen molar-refractivity contribution in [2.24, 2.45) is 0 Å². The summed E-state index contributed by atoms with van der Waals surface area (Å²) in [4.78, 5) is 34.8. The van der Waals surface area contributed by atoms with Crippen LogP contribution in [0.1, 0.15) is 27.1 Å². The number of carbonyl (C=O) groups excluding carboxylic acids is 2. The largest absolute Gasteiger partial charge is 0.493 e. The molecule has 0 saturated carbocycles. The topological polar surface area (TPSA) is 89.3 Å². The van der Waals surface area contributed by atoms with Crippen molar-refractivity contribution in [1.82, 2.24) is 24.4 Å². The van der Waals surface area contributed by atoms with Gasteiger partial charge < -0.3 is 19.3 Å². The first kappa shape index (κ1) is 22.9. The fraction of sp³-hybridized carbons (Fsp3) is 0.280. The number of hydrogen-bond donors (Lipinski definition) is 0. The number of amides is 2. The highest BCUT2D eigenvalue weighted by Crippen LogP contribution is 2.32. The van der Waals surface area contributed by atoms with Crippen LogP contribution in [0.3, 0.4) is 0 Å². The third-order valence-corrected chi connectivity index (χ3v) is 7.02. The van der Waals surface area contributed by atoms with Crippen molar-refractivity contribution in [1.29, 1.82) is 0 Å². The predicted molar refractivity (Wildman–Crippen MR) is 132 cm³/mol. The van der Waals surface area contributed by atoms with Crippen LogP contribution in [0.15, 0.2) is 54.0 Å². The van der Waals surface area contributed by atoms with Crippen LogP contribution in [0.5, 0.6) is 11.5 Å². The van der Waals surface area contributed by atoms with E-state index in [1.807, 2.05) is 53.6 Å². The van der Waals surface area contributed by atoms with Crippen molar-refractivity contribution in [2.75, 3.05) is 33.9 Å². The fourth-order valence-electron chi connectivity index (χ4n) is 4.36. The molecule has 0 N–H and O–H groups in total. The summed E-state index contributed by atoms with van der Waals surface area (Å²) in [5.41, 5.74) is 2.51. The van der Waals surface area contributed by atoms with Crippen LogP contribution >= 0.6 is 11.3 Å². The monoisotopic (exact) mass is 491 g/mol. The summed E-state index contributed by atoms with van der Waals surface area (Å²) < 4.78 is 12.4. The van der Waals surface area contributed by atoms with Gasteiger partial charge in [-0.25, -0.2) is 9.50 Å². The Morgan fingerprint density at radius 2 is 1.86 bits per heavy atom. The molecule has 0 aliphatic carbocycles. The zero-order valence-electron chi connectivity index (χ0n) is 19.7. The molecule has 0 radical (unpaired) electrons. The molecule has 0 bridgehead atoms. The first-order chi connectivity index (χ1) is 17.0. The number of methoxy groups -OCH3 is 2. The van der Waals surface area contributed by atoms with Crippen molar-refractivity contribution < 1.29 is 19.1 Å². The number of piperazine rings is 1. The molecule has 1 fully saturated rings. The molecule has 3 aromatic heterocycles. The Bertz CT molecular complexity index is 1380. The van der Waals surface area contributed by atoms with E-state index in [1.165, 1.54) is 11.3 Å². The van der Waals surface area contributed by atoms with E-state index >= 15 is 0 Å².